The minimum atomic E-state index is -1.41. The lowest BCUT2D eigenvalue weighted by molar-refractivity contribution is -0.151. The molecule has 1 rings (SSSR count). The highest BCUT2D eigenvalue weighted by molar-refractivity contribution is 5.82. The summed E-state index contributed by atoms with van der Waals surface area (Å²) in [5, 5.41) is 2.98. The van der Waals surface area contributed by atoms with E-state index in [4.69, 9.17) is 4.74 Å². The Morgan fingerprint density at radius 3 is 2.60 bits per heavy atom. The standard InChI is InChI=1S/C15H21F2NO2/c1-5-20-14(19)15(4,18-9-10(2)3)12-8-11(16)6-7-13(12)17/h6-8,10,18H,5,9H2,1-4H3. The first-order valence-electron chi connectivity index (χ1n) is 6.69. The van der Waals surface area contributed by atoms with Crippen LogP contribution in [0.4, 0.5) is 8.78 Å². The lowest BCUT2D eigenvalue weighted by Gasteiger charge is -2.30. The van der Waals surface area contributed by atoms with Crippen LogP contribution in [0.1, 0.15) is 33.3 Å². The van der Waals surface area contributed by atoms with Gasteiger partial charge in [0.25, 0.3) is 0 Å². The summed E-state index contributed by atoms with van der Waals surface area (Å²) >= 11 is 0. The first kappa shape index (κ1) is 16.6. The molecule has 0 aliphatic carbocycles. The summed E-state index contributed by atoms with van der Waals surface area (Å²) in [7, 11) is 0. The number of ether oxygens (including phenoxy) is 1. The summed E-state index contributed by atoms with van der Waals surface area (Å²) in [6.07, 6.45) is 0. The fraction of sp³-hybridized carbons (Fsp3) is 0.533. The van der Waals surface area contributed by atoms with Crippen LogP contribution < -0.4 is 5.32 Å². The Labute approximate surface area is 118 Å². The highest BCUT2D eigenvalue weighted by atomic mass is 19.1. The number of nitrogens with one attached hydrogen (secondary N) is 1. The predicted molar refractivity (Wildman–Crippen MR) is 73.2 cm³/mol. The molecule has 0 amide bonds. The average Bonchev–Trinajstić information content (AvgIpc) is 2.39. The number of esters is 1. The van der Waals surface area contributed by atoms with Gasteiger partial charge in [-0.2, -0.15) is 0 Å². The molecule has 0 radical (unpaired) electrons. The Bertz CT molecular complexity index is 477. The van der Waals surface area contributed by atoms with Gasteiger partial charge in [-0.15, -0.1) is 0 Å². The van der Waals surface area contributed by atoms with Crippen LogP contribution in [0.25, 0.3) is 0 Å². The van der Waals surface area contributed by atoms with Crippen molar-refractivity contribution in [3.63, 3.8) is 0 Å². The van der Waals surface area contributed by atoms with E-state index >= 15 is 0 Å². The Balaban J connectivity index is 3.21. The molecule has 1 unspecified atom stereocenters. The summed E-state index contributed by atoms with van der Waals surface area (Å²) in [4.78, 5) is 12.2. The van der Waals surface area contributed by atoms with E-state index in [-0.39, 0.29) is 18.1 Å². The van der Waals surface area contributed by atoms with Crippen molar-refractivity contribution in [3.8, 4) is 0 Å². The summed E-state index contributed by atoms with van der Waals surface area (Å²) in [5.41, 5.74) is -1.46. The number of carbonyl (C=O) groups excluding carboxylic acids is 1. The molecular weight excluding hydrogens is 264 g/mol. The third kappa shape index (κ3) is 3.76. The van der Waals surface area contributed by atoms with Gasteiger partial charge in [0.1, 0.15) is 17.2 Å². The molecule has 1 atom stereocenters. The second-order valence-corrected chi connectivity index (χ2v) is 5.24. The topological polar surface area (TPSA) is 38.3 Å². The van der Waals surface area contributed by atoms with Crippen LogP contribution in [0.2, 0.25) is 0 Å². The summed E-state index contributed by atoms with van der Waals surface area (Å²) in [5.74, 6) is -1.60. The van der Waals surface area contributed by atoms with Crippen molar-refractivity contribution in [2.45, 2.75) is 33.2 Å². The lowest BCUT2D eigenvalue weighted by Crippen LogP contribution is -2.49. The van der Waals surface area contributed by atoms with E-state index in [1.165, 1.54) is 6.92 Å². The largest absolute Gasteiger partial charge is 0.464 e. The normalized spacial score (nSPS) is 14.2. The molecule has 0 bridgehead atoms. The maximum absolute atomic E-state index is 14.0. The Hall–Kier alpha value is -1.49. The van der Waals surface area contributed by atoms with E-state index in [2.05, 4.69) is 5.32 Å². The van der Waals surface area contributed by atoms with Crippen molar-refractivity contribution in [1.29, 1.82) is 0 Å². The van der Waals surface area contributed by atoms with E-state index in [0.717, 1.165) is 18.2 Å². The molecule has 1 aromatic carbocycles. The van der Waals surface area contributed by atoms with Crippen molar-refractivity contribution in [1.82, 2.24) is 5.32 Å². The van der Waals surface area contributed by atoms with Crippen LogP contribution >= 0.6 is 0 Å². The maximum Gasteiger partial charge on any atom is 0.330 e. The van der Waals surface area contributed by atoms with E-state index in [1.54, 1.807) is 6.92 Å². The summed E-state index contributed by atoms with van der Waals surface area (Å²) in [6, 6.07) is 3.06. The van der Waals surface area contributed by atoms with Gasteiger partial charge >= 0.3 is 5.97 Å². The van der Waals surface area contributed by atoms with Crippen molar-refractivity contribution < 1.29 is 18.3 Å². The molecule has 0 heterocycles. The van der Waals surface area contributed by atoms with Gasteiger partial charge in [-0.25, -0.2) is 13.6 Å². The third-order valence-electron chi connectivity index (χ3n) is 3.01. The number of rotatable bonds is 6. The van der Waals surface area contributed by atoms with Gasteiger partial charge in [0.05, 0.1) is 6.61 Å². The van der Waals surface area contributed by atoms with Gasteiger partial charge < -0.3 is 4.74 Å². The molecule has 1 N–H and O–H groups in total. The molecule has 5 heteroatoms. The highest BCUT2D eigenvalue weighted by Gasteiger charge is 2.39. The molecule has 0 spiro atoms. The molecule has 0 saturated carbocycles. The lowest BCUT2D eigenvalue weighted by atomic mass is 9.90. The first-order chi connectivity index (χ1) is 9.31. The van der Waals surface area contributed by atoms with Crippen LogP contribution in [0.5, 0.6) is 0 Å². The van der Waals surface area contributed by atoms with E-state index in [9.17, 15) is 13.6 Å². The average molecular weight is 285 g/mol. The van der Waals surface area contributed by atoms with Gasteiger partial charge in [-0.3, -0.25) is 5.32 Å². The highest BCUT2D eigenvalue weighted by Crippen LogP contribution is 2.26. The molecule has 0 fully saturated rings. The molecule has 20 heavy (non-hydrogen) atoms. The van der Waals surface area contributed by atoms with Crippen LogP contribution in [-0.4, -0.2) is 19.1 Å². The minimum absolute atomic E-state index is 0.0448. The van der Waals surface area contributed by atoms with Crippen LogP contribution in [0.15, 0.2) is 18.2 Å². The predicted octanol–water partition coefficient (Wildman–Crippen LogP) is 2.99. The van der Waals surface area contributed by atoms with Crippen molar-refractivity contribution >= 4 is 5.97 Å². The monoisotopic (exact) mass is 285 g/mol. The van der Waals surface area contributed by atoms with Crippen LogP contribution in [-0.2, 0) is 15.1 Å². The molecule has 0 aliphatic rings. The van der Waals surface area contributed by atoms with E-state index < -0.39 is 23.1 Å². The third-order valence-corrected chi connectivity index (χ3v) is 3.01. The van der Waals surface area contributed by atoms with E-state index in [0.29, 0.717) is 6.54 Å². The van der Waals surface area contributed by atoms with Crippen LogP contribution in [0, 0.1) is 17.6 Å². The zero-order valence-corrected chi connectivity index (χ0v) is 12.3. The molecule has 0 aromatic heterocycles. The molecule has 0 saturated heterocycles. The fourth-order valence-electron chi connectivity index (χ4n) is 1.84. The van der Waals surface area contributed by atoms with Crippen molar-refractivity contribution in [2.24, 2.45) is 5.92 Å². The van der Waals surface area contributed by atoms with Gasteiger partial charge in [0.2, 0.25) is 0 Å². The zero-order chi connectivity index (χ0) is 15.3. The summed E-state index contributed by atoms with van der Waals surface area (Å²) < 4.78 is 32.4. The number of hydrogen-bond acceptors (Lipinski definition) is 3. The first-order valence-corrected chi connectivity index (χ1v) is 6.69. The van der Waals surface area contributed by atoms with Gasteiger partial charge in [-0.1, -0.05) is 13.8 Å². The Morgan fingerprint density at radius 1 is 1.40 bits per heavy atom. The SMILES string of the molecule is CCOC(=O)C(C)(NCC(C)C)c1cc(F)ccc1F. The molecule has 0 aliphatic heterocycles. The Kier molecular flexibility index (Phi) is 5.62. The number of hydrogen-bond donors (Lipinski definition) is 1. The quantitative estimate of drug-likeness (QED) is 0.817. The summed E-state index contributed by atoms with van der Waals surface area (Å²) in [6.45, 7) is 7.74. The van der Waals surface area contributed by atoms with Crippen molar-refractivity contribution in [2.75, 3.05) is 13.2 Å². The number of benzene rings is 1. The number of carbonyl (C=O) groups is 1. The maximum atomic E-state index is 14.0. The van der Waals surface area contributed by atoms with Crippen molar-refractivity contribution in [3.05, 3.63) is 35.4 Å². The second kappa shape index (κ2) is 6.79. The van der Waals surface area contributed by atoms with E-state index in [1.807, 2.05) is 13.8 Å². The molecule has 3 nitrogen and oxygen atoms in total. The van der Waals surface area contributed by atoms with Gasteiger partial charge in [0.15, 0.2) is 0 Å². The van der Waals surface area contributed by atoms with Crippen LogP contribution in [0.3, 0.4) is 0 Å². The van der Waals surface area contributed by atoms with Gasteiger partial charge in [-0.05, 0) is 44.5 Å². The number of halogens is 2. The fourth-order valence-corrected chi connectivity index (χ4v) is 1.84. The van der Waals surface area contributed by atoms with Gasteiger partial charge in [0, 0.05) is 5.56 Å². The zero-order valence-electron chi connectivity index (χ0n) is 12.3. The molecular formula is C15H21F2NO2. The Morgan fingerprint density at radius 2 is 2.05 bits per heavy atom. The second-order valence-electron chi connectivity index (χ2n) is 5.24. The minimum Gasteiger partial charge on any atom is -0.464 e. The molecule has 112 valence electrons. The molecule has 1 aromatic rings. The smallest absolute Gasteiger partial charge is 0.330 e.